The highest BCUT2D eigenvalue weighted by Gasteiger charge is 2.16. The standard InChI is InChI=1S/C24H14N4O2S/c25-15-16(23-26-19-10-4-5-11-20(19)31-23)14-18-22(30-17-8-2-1-3-9-17)27-21-12-6-7-13-28(21)24(18)29/h1-14H/b16-14+. The topological polar surface area (TPSA) is 80.3 Å². The molecule has 0 aliphatic heterocycles. The fourth-order valence-corrected chi connectivity index (χ4v) is 4.09. The number of rotatable bonds is 4. The highest BCUT2D eigenvalue weighted by atomic mass is 32.1. The quantitative estimate of drug-likeness (QED) is 0.374. The van der Waals surface area contributed by atoms with Crippen LogP contribution in [0.25, 0.3) is 27.5 Å². The van der Waals surface area contributed by atoms with Crippen LogP contribution in [0, 0.1) is 11.3 Å². The molecule has 0 amide bonds. The fourth-order valence-electron chi connectivity index (χ4n) is 3.16. The third kappa shape index (κ3) is 3.56. The Balaban J connectivity index is 1.71. The highest BCUT2D eigenvalue weighted by Crippen LogP contribution is 2.30. The van der Waals surface area contributed by atoms with Crippen LogP contribution in [0.5, 0.6) is 11.6 Å². The van der Waals surface area contributed by atoms with Crippen molar-refractivity contribution in [3.8, 4) is 17.7 Å². The van der Waals surface area contributed by atoms with Gasteiger partial charge in [0, 0.05) is 6.20 Å². The molecule has 0 atom stereocenters. The van der Waals surface area contributed by atoms with Gasteiger partial charge in [0.25, 0.3) is 5.56 Å². The van der Waals surface area contributed by atoms with Gasteiger partial charge in [0.05, 0.1) is 15.8 Å². The second kappa shape index (κ2) is 7.86. The Bertz CT molecular complexity index is 1510. The summed E-state index contributed by atoms with van der Waals surface area (Å²) in [6.07, 6.45) is 3.14. The number of fused-ring (bicyclic) bond motifs is 2. The SMILES string of the molecule is N#C/C(=C\c1c(Oc2ccccc2)nc2ccccn2c1=O)c1nc2ccccc2s1. The van der Waals surface area contributed by atoms with Crippen molar-refractivity contribution in [2.75, 3.05) is 0 Å². The number of hydrogen-bond acceptors (Lipinski definition) is 6. The summed E-state index contributed by atoms with van der Waals surface area (Å²) in [6.45, 7) is 0. The van der Waals surface area contributed by atoms with Gasteiger partial charge in [-0.25, -0.2) is 4.98 Å². The van der Waals surface area contributed by atoms with E-state index >= 15 is 0 Å². The summed E-state index contributed by atoms with van der Waals surface area (Å²) in [4.78, 5) is 22.3. The Morgan fingerprint density at radius 3 is 2.58 bits per heavy atom. The van der Waals surface area contributed by atoms with Gasteiger partial charge in [-0.15, -0.1) is 11.3 Å². The first-order valence-electron chi connectivity index (χ1n) is 9.45. The van der Waals surface area contributed by atoms with Crippen LogP contribution in [0.3, 0.4) is 0 Å². The van der Waals surface area contributed by atoms with E-state index in [-0.39, 0.29) is 22.6 Å². The number of ether oxygens (including phenoxy) is 1. The van der Waals surface area contributed by atoms with E-state index in [1.165, 1.54) is 21.8 Å². The Hall–Kier alpha value is -4.28. The van der Waals surface area contributed by atoms with Gasteiger partial charge in [0.1, 0.15) is 28.0 Å². The largest absolute Gasteiger partial charge is 0.438 e. The summed E-state index contributed by atoms with van der Waals surface area (Å²) in [6, 6.07) is 24.2. The maximum Gasteiger partial charge on any atom is 0.269 e. The summed E-state index contributed by atoms with van der Waals surface area (Å²) < 4.78 is 8.34. The molecule has 0 aliphatic carbocycles. The predicted octanol–water partition coefficient (Wildman–Crippen LogP) is 5.16. The maximum atomic E-state index is 13.3. The van der Waals surface area contributed by atoms with Crippen molar-refractivity contribution in [2.45, 2.75) is 0 Å². The zero-order chi connectivity index (χ0) is 21.2. The van der Waals surface area contributed by atoms with E-state index in [0.29, 0.717) is 16.4 Å². The lowest BCUT2D eigenvalue weighted by Gasteiger charge is -2.10. The van der Waals surface area contributed by atoms with Crippen LogP contribution in [-0.2, 0) is 0 Å². The molecule has 5 aromatic rings. The molecule has 6 nitrogen and oxygen atoms in total. The van der Waals surface area contributed by atoms with Crippen molar-refractivity contribution in [1.29, 1.82) is 5.26 Å². The van der Waals surface area contributed by atoms with E-state index in [9.17, 15) is 10.1 Å². The second-order valence-electron chi connectivity index (χ2n) is 6.64. The number of hydrogen-bond donors (Lipinski definition) is 0. The highest BCUT2D eigenvalue weighted by molar-refractivity contribution is 7.19. The van der Waals surface area contributed by atoms with Gasteiger partial charge in [0.2, 0.25) is 5.88 Å². The molecule has 0 fully saturated rings. The molecule has 5 rings (SSSR count). The summed E-state index contributed by atoms with van der Waals surface area (Å²) >= 11 is 1.40. The van der Waals surface area contributed by atoms with Crippen LogP contribution in [0.2, 0.25) is 0 Å². The van der Waals surface area contributed by atoms with Crippen molar-refractivity contribution in [3.63, 3.8) is 0 Å². The first-order chi connectivity index (χ1) is 15.2. The number of thiazole rings is 1. The number of aromatic nitrogens is 3. The molecule has 148 valence electrons. The first-order valence-corrected chi connectivity index (χ1v) is 10.3. The zero-order valence-electron chi connectivity index (χ0n) is 16.1. The molecule has 3 heterocycles. The molecule has 7 heteroatoms. The Morgan fingerprint density at radius 1 is 1.00 bits per heavy atom. The maximum absolute atomic E-state index is 13.3. The third-order valence-electron chi connectivity index (χ3n) is 4.63. The van der Waals surface area contributed by atoms with E-state index in [0.717, 1.165) is 10.2 Å². The monoisotopic (exact) mass is 422 g/mol. The fraction of sp³-hybridized carbons (Fsp3) is 0. The summed E-state index contributed by atoms with van der Waals surface area (Å²) in [5.41, 5.74) is 1.38. The molecule has 0 unspecified atom stereocenters. The minimum Gasteiger partial charge on any atom is -0.438 e. The molecule has 2 aromatic carbocycles. The predicted molar refractivity (Wildman–Crippen MR) is 121 cm³/mol. The number of nitrogens with zero attached hydrogens (tertiary/aromatic N) is 4. The first kappa shape index (κ1) is 18.7. The number of para-hydroxylation sites is 2. The minimum atomic E-state index is -0.328. The van der Waals surface area contributed by atoms with Gasteiger partial charge in [-0.05, 0) is 42.5 Å². The van der Waals surface area contributed by atoms with Crippen molar-refractivity contribution in [3.05, 3.63) is 99.9 Å². The van der Waals surface area contributed by atoms with Crippen LogP contribution in [0.15, 0.2) is 83.8 Å². The van der Waals surface area contributed by atoms with E-state index in [1.807, 2.05) is 42.5 Å². The molecule has 0 radical (unpaired) electrons. The van der Waals surface area contributed by atoms with Crippen LogP contribution in [0.4, 0.5) is 0 Å². The average molecular weight is 422 g/mol. The van der Waals surface area contributed by atoms with Crippen LogP contribution >= 0.6 is 11.3 Å². The lowest BCUT2D eigenvalue weighted by Crippen LogP contribution is -2.18. The molecular formula is C24H14N4O2S. The summed E-state index contributed by atoms with van der Waals surface area (Å²) in [5, 5.41) is 10.4. The smallest absolute Gasteiger partial charge is 0.269 e. The van der Waals surface area contributed by atoms with Crippen molar-refractivity contribution in [2.24, 2.45) is 0 Å². The van der Waals surface area contributed by atoms with E-state index in [2.05, 4.69) is 16.0 Å². The van der Waals surface area contributed by atoms with E-state index in [4.69, 9.17) is 4.74 Å². The lowest BCUT2D eigenvalue weighted by molar-refractivity contribution is 0.461. The van der Waals surface area contributed by atoms with Crippen molar-refractivity contribution in [1.82, 2.24) is 14.4 Å². The van der Waals surface area contributed by atoms with Gasteiger partial charge >= 0.3 is 0 Å². The van der Waals surface area contributed by atoms with Crippen LogP contribution in [0.1, 0.15) is 10.6 Å². The number of benzene rings is 2. The van der Waals surface area contributed by atoms with Gasteiger partial charge < -0.3 is 4.74 Å². The summed E-state index contributed by atoms with van der Waals surface area (Å²) in [5.74, 6) is 0.680. The number of nitriles is 1. The Kier molecular flexibility index (Phi) is 4.75. The van der Waals surface area contributed by atoms with Crippen LogP contribution in [-0.4, -0.2) is 14.4 Å². The van der Waals surface area contributed by atoms with Gasteiger partial charge in [0.15, 0.2) is 0 Å². The van der Waals surface area contributed by atoms with Crippen molar-refractivity contribution >= 4 is 38.8 Å². The molecule has 0 bridgehead atoms. The average Bonchev–Trinajstić information content (AvgIpc) is 3.24. The van der Waals surface area contributed by atoms with E-state index in [1.54, 1.807) is 36.5 Å². The Morgan fingerprint density at radius 2 is 1.77 bits per heavy atom. The van der Waals surface area contributed by atoms with Crippen molar-refractivity contribution < 1.29 is 4.74 Å². The normalized spacial score (nSPS) is 11.5. The van der Waals surface area contributed by atoms with Gasteiger partial charge in [-0.1, -0.05) is 36.4 Å². The summed E-state index contributed by atoms with van der Waals surface area (Å²) in [7, 11) is 0. The van der Waals surface area contributed by atoms with E-state index < -0.39 is 0 Å². The molecular weight excluding hydrogens is 408 g/mol. The molecule has 0 saturated heterocycles. The van der Waals surface area contributed by atoms with Gasteiger partial charge in [-0.3, -0.25) is 9.20 Å². The molecule has 0 saturated carbocycles. The second-order valence-corrected chi connectivity index (χ2v) is 7.67. The van der Waals surface area contributed by atoms with Crippen LogP contribution < -0.4 is 10.3 Å². The minimum absolute atomic E-state index is 0.135. The van der Waals surface area contributed by atoms with Gasteiger partial charge in [-0.2, -0.15) is 10.2 Å². The molecule has 3 aromatic heterocycles. The lowest BCUT2D eigenvalue weighted by atomic mass is 10.2. The molecule has 0 aliphatic rings. The molecule has 0 spiro atoms. The Labute approximate surface area is 181 Å². The molecule has 31 heavy (non-hydrogen) atoms. The third-order valence-corrected chi connectivity index (χ3v) is 5.69. The number of pyridine rings is 1. The molecule has 0 N–H and O–H groups in total. The zero-order valence-corrected chi connectivity index (χ0v) is 16.9. The number of allylic oxidation sites excluding steroid dienone is 1.